The molecule has 5 heteroatoms. The van der Waals surface area contributed by atoms with E-state index < -0.39 is 5.97 Å². The largest absolute Gasteiger partial charge is 0.478 e. The molecule has 4 aromatic rings. The van der Waals surface area contributed by atoms with Gasteiger partial charge in [-0.1, -0.05) is 42.8 Å². The molecule has 0 aliphatic heterocycles. The van der Waals surface area contributed by atoms with Gasteiger partial charge < -0.3 is 5.11 Å². The van der Waals surface area contributed by atoms with Gasteiger partial charge in [0.2, 0.25) is 0 Å². The summed E-state index contributed by atoms with van der Waals surface area (Å²) in [4.78, 5) is 15.5. The highest BCUT2D eigenvalue weighted by Crippen LogP contribution is 2.46. The number of thiazole rings is 1. The van der Waals surface area contributed by atoms with Crippen LogP contribution in [0, 0.1) is 24.2 Å². The average Bonchev–Trinajstić information content (AvgIpc) is 3.30. The molecule has 1 aromatic heterocycles. The number of aromatic nitrogens is 1. The number of carboxylic acid groups (broad SMARTS) is 1. The molecule has 1 N–H and O–H groups in total. The molecule has 35 heavy (non-hydrogen) atoms. The molecular weight excluding hydrogens is 452 g/mol. The van der Waals surface area contributed by atoms with Crippen molar-refractivity contribution >= 4 is 44.7 Å². The predicted molar refractivity (Wildman–Crippen MR) is 142 cm³/mol. The van der Waals surface area contributed by atoms with E-state index in [2.05, 4.69) is 54.4 Å². The van der Waals surface area contributed by atoms with Crippen LogP contribution < -0.4 is 0 Å². The van der Waals surface area contributed by atoms with Gasteiger partial charge in [-0.25, -0.2) is 9.78 Å². The number of rotatable bonds is 6. The first-order chi connectivity index (χ1) is 17.0. The van der Waals surface area contributed by atoms with Gasteiger partial charge in [0, 0.05) is 6.08 Å². The summed E-state index contributed by atoms with van der Waals surface area (Å²) in [5.74, 6) is -0.524. The lowest BCUT2D eigenvalue weighted by atomic mass is 9.72. The molecule has 0 unspecified atom stereocenters. The highest BCUT2D eigenvalue weighted by Gasteiger charge is 2.28. The Morgan fingerprint density at radius 2 is 1.86 bits per heavy atom. The lowest BCUT2D eigenvalue weighted by molar-refractivity contribution is -0.131. The van der Waals surface area contributed by atoms with E-state index in [1.54, 1.807) is 17.4 Å². The van der Waals surface area contributed by atoms with Crippen molar-refractivity contribution in [2.24, 2.45) is 5.92 Å². The summed E-state index contributed by atoms with van der Waals surface area (Å²) in [5, 5.41) is 18.4. The summed E-state index contributed by atoms with van der Waals surface area (Å²) >= 11 is 1.63. The second kappa shape index (κ2) is 9.69. The van der Waals surface area contributed by atoms with E-state index in [4.69, 9.17) is 5.11 Å². The number of hydrogen-bond acceptors (Lipinski definition) is 4. The third-order valence-corrected chi connectivity index (χ3v) is 7.48. The standard InChI is InChI=1S/C30H24N2O2S/c1-19-15-21(17-31)7-12-25(19)30(22-3-2-4-22)29(24-11-13-27-26(16-24)32-18-35-27)23-9-5-20(6-10-23)8-14-28(33)34/h5-16,18,22H,2-4H2,1H3,(H,33,34). The summed E-state index contributed by atoms with van der Waals surface area (Å²) < 4.78 is 1.15. The number of carboxylic acids is 1. The van der Waals surface area contributed by atoms with Gasteiger partial charge in [-0.2, -0.15) is 5.26 Å². The molecule has 1 fully saturated rings. The number of allylic oxidation sites excluding steroid dienone is 1. The molecule has 4 nitrogen and oxygen atoms in total. The number of carbonyl (C=O) groups is 1. The van der Waals surface area contributed by atoms with Crippen molar-refractivity contribution in [3.8, 4) is 6.07 Å². The smallest absolute Gasteiger partial charge is 0.328 e. The highest BCUT2D eigenvalue weighted by molar-refractivity contribution is 7.16. The third kappa shape index (κ3) is 4.66. The van der Waals surface area contributed by atoms with Gasteiger partial charge >= 0.3 is 5.97 Å². The van der Waals surface area contributed by atoms with Gasteiger partial charge in [0.25, 0.3) is 0 Å². The summed E-state index contributed by atoms with van der Waals surface area (Å²) in [6, 6.07) is 22.7. The fraction of sp³-hybridized carbons (Fsp3) is 0.167. The van der Waals surface area contributed by atoms with Crippen molar-refractivity contribution in [1.29, 1.82) is 5.26 Å². The Labute approximate surface area is 208 Å². The van der Waals surface area contributed by atoms with Gasteiger partial charge in [0.15, 0.2) is 0 Å². The maximum atomic E-state index is 10.9. The van der Waals surface area contributed by atoms with Gasteiger partial charge in [-0.05, 0) is 95.0 Å². The Morgan fingerprint density at radius 3 is 2.51 bits per heavy atom. The Balaban J connectivity index is 1.75. The summed E-state index contributed by atoms with van der Waals surface area (Å²) in [7, 11) is 0. The number of nitriles is 1. The minimum atomic E-state index is -0.963. The van der Waals surface area contributed by atoms with Crippen LogP contribution in [-0.2, 0) is 4.79 Å². The molecule has 0 bridgehead atoms. The van der Waals surface area contributed by atoms with Crippen LogP contribution in [0.5, 0.6) is 0 Å². The van der Waals surface area contributed by atoms with Crippen molar-refractivity contribution in [3.63, 3.8) is 0 Å². The SMILES string of the molecule is Cc1cc(C#N)ccc1C(=C(c1ccc(C=CC(=O)O)cc1)c1ccc2scnc2c1)C1CCC1. The maximum Gasteiger partial charge on any atom is 0.328 e. The van der Waals surface area contributed by atoms with E-state index in [0.717, 1.165) is 51.4 Å². The highest BCUT2D eigenvalue weighted by atomic mass is 32.1. The molecule has 172 valence electrons. The summed E-state index contributed by atoms with van der Waals surface area (Å²) in [5.41, 5.74) is 11.3. The van der Waals surface area contributed by atoms with E-state index in [1.165, 1.54) is 23.1 Å². The number of nitrogens with zero attached hydrogens (tertiary/aromatic N) is 2. The van der Waals surface area contributed by atoms with Crippen LogP contribution in [0.2, 0.25) is 0 Å². The van der Waals surface area contributed by atoms with Crippen LogP contribution in [0.3, 0.4) is 0 Å². The van der Waals surface area contributed by atoms with E-state index in [9.17, 15) is 10.1 Å². The average molecular weight is 477 g/mol. The Kier molecular flexibility index (Phi) is 6.31. The second-order valence-electron chi connectivity index (χ2n) is 8.89. The number of hydrogen-bond donors (Lipinski definition) is 1. The first-order valence-corrected chi connectivity index (χ1v) is 12.5. The van der Waals surface area contributed by atoms with Crippen molar-refractivity contribution in [2.45, 2.75) is 26.2 Å². The quantitative estimate of drug-likeness (QED) is 0.233. The molecule has 3 aromatic carbocycles. The Bertz CT molecular complexity index is 1520. The molecule has 1 heterocycles. The lowest BCUT2D eigenvalue weighted by Gasteiger charge is -2.32. The first kappa shape index (κ1) is 22.8. The monoisotopic (exact) mass is 476 g/mol. The van der Waals surface area contributed by atoms with Crippen LogP contribution in [-0.4, -0.2) is 16.1 Å². The number of benzene rings is 3. The fourth-order valence-corrected chi connectivity index (χ4v) is 5.37. The molecule has 0 atom stereocenters. The van der Waals surface area contributed by atoms with Gasteiger partial charge in [0.05, 0.1) is 27.4 Å². The molecule has 1 aliphatic rings. The summed E-state index contributed by atoms with van der Waals surface area (Å²) in [6.45, 7) is 2.08. The maximum absolute atomic E-state index is 10.9. The molecule has 1 aliphatic carbocycles. The van der Waals surface area contributed by atoms with Gasteiger partial charge in [-0.15, -0.1) is 11.3 Å². The number of aliphatic carboxylic acids is 1. The van der Waals surface area contributed by atoms with Crippen LogP contribution >= 0.6 is 11.3 Å². The Hall–Kier alpha value is -4.01. The minimum absolute atomic E-state index is 0.439. The molecular formula is C30H24N2O2S. The van der Waals surface area contributed by atoms with Crippen molar-refractivity contribution in [3.05, 3.63) is 106 Å². The normalized spacial score (nSPS) is 14.5. The zero-order valence-electron chi connectivity index (χ0n) is 19.4. The zero-order chi connectivity index (χ0) is 24.4. The molecule has 0 amide bonds. The topological polar surface area (TPSA) is 74.0 Å². The Morgan fingerprint density at radius 1 is 1.09 bits per heavy atom. The predicted octanol–water partition coefficient (Wildman–Crippen LogP) is 7.33. The van der Waals surface area contributed by atoms with Crippen molar-refractivity contribution in [2.75, 3.05) is 0 Å². The molecule has 0 radical (unpaired) electrons. The van der Waals surface area contributed by atoms with Gasteiger partial charge in [-0.3, -0.25) is 0 Å². The van der Waals surface area contributed by atoms with Crippen molar-refractivity contribution in [1.82, 2.24) is 4.98 Å². The molecule has 5 rings (SSSR count). The summed E-state index contributed by atoms with van der Waals surface area (Å²) in [6.07, 6.45) is 6.24. The number of fused-ring (bicyclic) bond motifs is 1. The van der Waals surface area contributed by atoms with Crippen LogP contribution in [0.25, 0.3) is 27.4 Å². The fourth-order valence-electron chi connectivity index (χ4n) is 4.71. The van der Waals surface area contributed by atoms with E-state index in [-0.39, 0.29) is 0 Å². The number of aryl methyl sites for hydroxylation is 1. The van der Waals surface area contributed by atoms with Crippen molar-refractivity contribution < 1.29 is 9.90 Å². The molecule has 1 saturated carbocycles. The zero-order valence-corrected chi connectivity index (χ0v) is 20.2. The first-order valence-electron chi connectivity index (χ1n) is 11.6. The van der Waals surface area contributed by atoms with E-state index >= 15 is 0 Å². The molecule has 0 spiro atoms. The van der Waals surface area contributed by atoms with E-state index in [1.807, 2.05) is 29.8 Å². The lowest BCUT2D eigenvalue weighted by Crippen LogP contribution is -2.16. The minimum Gasteiger partial charge on any atom is -0.478 e. The van der Waals surface area contributed by atoms with Crippen LogP contribution in [0.4, 0.5) is 0 Å². The molecule has 0 saturated heterocycles. The van der Waals surface area contributed by atoms with Crippen LogP contribution in [0.15, 0.2) is 72.3 Å². The third-order valence-electron chi connectivity index (χ3n) is 6.67. The second-order valence-corrected chi connectivity index (χ2v) is 9.77. The van der Waals surface area contributed by atoms with Crippen LogP contribution in [0.1, 0.15) is 52.6 Å². The van der Waals surface area contributed by atoms with Gasteiger partial charge in [0.1, 0.15) is 0 Å². The van der Waals surface area contributed by atoms with E-state index in [0.29, 0.717) is 11.5 Å².